The molecule has 1 fully saturated rings. The number of halogens is 1. The Morgan fingerprint density at radius 1 is 1.12 bits per heavy atom. The molecule has 0 aromatic heterocycles. The molecule has 0 heterocycles. The molecule has 2 unspecified atom stereocenters. The Bertz CT molecular complexity index is 320. The zero-order valence-electron chi connectivity index (χ0n) is 9.53. The molecule has 1 aromatic carbocycles. The van der Waals surface area contributed by atoms with Gasteiger partial charge >= 0.3 is 0 Å². The number of rotatable bonds is 2. The lowest BCUT2D eigenvalue weighted by Crippen LogP contribution is -2.12. The van der Waals surface area contributed by atoms with Crippen molar-refractivity contribution in [1.82, 2.24) is 0 Å². The van der Waals surface area contributed by atoms with Crippen LogP contribution >= 0.6 is 11.6 Å². The molecule has 1 aliphatic carbocycles. The number of aliphatic hydroxyl groups is 1. The molecule has 88 valence electrons. The molecule has 0 bridgehead atoms. The Balaban J connectivity index is 1.95. The Kier molecular flexibility index (Phi) is 4.25. The topological polar surface area (TPSA) is 20.2 Å². The first-order chi connectivity index (χ1) is 7.74. The van der Waals surface area contributed by atoms with Crippen molar-refractivity contribution in [2.24, 2.45) is 5.92 Å². The van der Waals surface area contributed by atoms with Crippen LogP contribution in [0.15, 0.2) is 24.3 Å². The van der Waals surface area contributed by atoms with Crippen LogP contribution in [0, 0.1) is 5.92 Å². The van der Waals surface area contributed by atoms with Crippen molar-refractivity contribution in [2.75, 3.05) is 0 Å². The predicted molar refractivity (Wildman–Crippen MR) is 67.7 cm³/mol. The van der Waals surface area contributed by atoms with Crippen LogP contribution < -0.4 is 0 Å². The lowest BCUT2D eigenvalue weighted by Gasteiger charge is -2.16. The van der Waals surface area contributed by atoms with E-state index < -0.39 is 0 Å². The third-order valence-corrected chi connectivity index (χ3v) is 3.69. The molecule has 1 saturated carbocycles. The summed E-state index contributed by atoms with van der Waals surface area (Å²) in [7, 11) is 0. The van der Waals surface area contributed by atoms with E-state index >= 15 is 0 Å². The van der Waals surface area contributed by atoms with Crippen molar-refractivity contribution >= 4 is 11.6 Å². The van der Waals surface area contributed by atoms with Gasteiger partial charge in [-0.15, -0.1) is 0 Å². The molecule has 16 heavy (non-hydrogen) atoms. The Morgan fingerprint density at radius 2 is 1.81 bits per heavy atom. The van der Waals surface area contributed by atoms with Gasteiger partial charge in [-0.05, 0) is 42.9 Å². The van der Waals surface area contributed by atoms with E-state index in [4.69, 9.17) is 11.6 Å². The molecule has 0 amide bonds. The van der Waals surface area contributed by atoms with Gasteiger partial charge in [-0.25, -0.2) is 0 Å². The number of hydrogen-bond acceptors (Lipinski definition) is 1. The van der Waals surface area contributed by atoms with Gasteiger partial charge in [0, 0.05) is 5.02 Å². The molecule has 1 N–H and O–H groups in total. The van der Waals surface area contributed by atoms with Gasteiger partial charge < -0.3 is 5.11 Å². The average Bonchev–Trinajstić information content (AvgIpc) is 2.46. The van der Waals surface area contributed by atoms with Crippen LogP contribution in [0.4, 0.5) is 0 Å². The molecule has 1 aliphatic rings. The molecular weight excluding hydrogens is 220 g/mol. The first kappa shape index (κ1) is 11.9. The summed E-state index contributed by atoms with van der Waals surface area (Å²) in [6.45, 7) is 0. The van der Waals surface area contributed by atoms with Crippen molar-refractivity contribution in [3.63, 3.8) is 0 Å². The second-order valence-corrected chi connectivity index (χ2v) is 5.31. The largest absolute Gasteiger partial charge is 0.393 e. The quantitative estimate of drug-likeness (QED) is 0.777. The summed E-state index contributed by atoms with van der Waals surface area (Å²) >= 11 is 5.86. The van der Waals surface area contributed by atoms with E-state index in [1.54, 1.807) is 0 Å². The molecule has 1 aromatic rings. The number of benzene rings is 1. The van der Waals surface area contributed by atoms with E-state index in [0.29, 0.717) is 5.92 Å². The third kappa shape index (κ3) is 3.50. The lowest BCUT2D eigenvalue weighted by molar-refractivity contribution is 0.141. The standard InChI is InChI=1S/C14H19ClO/c15-13-7-5-11(6-8-13)9-12-3-1-2-4-14(16)10-12/h5-8,12,14,16H,1-4,9-10H2. The maximum atomic E-state index is 9.76. The molecule has 0 aliphatic heterocycles. The highest BCUT2D eigenvalue weighted by molar-refractivity contribution is 6.30. The molecule has 1 nitrogen and oxygen atoms in total. The first-order valence-electron chi connectivity index (χ1n) is 6.16. The Morgan fingerprint density at radius 3 is 2.56 bits per heavy atom. The van der Waals surface area contributed by atoms with Crippen molar-refractivity contribution in [3.05, 3.63) is 34.9 Å². The van der Waals surface area contributed by atoms with E-state index in [-0.39, 0.29) is 6.10 Å². The number of hydrogen-bond donors (Lipinski definition) is 1. The highest BCUT2D eigenvalue weighted by atomic mass is 35.5. The maximum Gasteiger partial charge on any atom is 0.0543 e. The summed E-state index contributed by atoms with van der Waals surface area (Å²) in [6, 6.07) is 8.09. The highest BCUT2D eigenvalue weighted by Gasteiger charge is 2.18. The van der Waals surface area contributed by atoms with Crippen LogP contribution in [-0.4, -0.2) is 11.2 Å². The fourth-order valence-electron chi connectivity index (χ4n) is 2.57. The SMILES string of the molecule is OC1CCCCC(Cc2ccc(Cl)cc2)C1. The van der Waals surface area contributed by atoms with Gasteiger partial charge in [0.15, 0.2) is 0 Å². The smallest absolute Gasteiger partial charge is 0.0543 e. The maximum absolute atomic E-state index is 9.76. The van der Waals surface area contributed by atoms with Crippen LogP contribution in [0.1, 0.15) is 37.7 Å². The molecule has 2 atom stereocenters. The molecule has 0 radical (unpaired) electrons. The van der Waals surface area contributed by atoms with Crippen LogP contribution in [0.3, 0.4) is 0 Å². The van der Waals surface area contributed by atoms with Gasteiger partial charge in [0.05, 0.1) is 6.10 Å². The second kappa shape index (κ2) is 5.70. The molecule has 2 rings (SSSR count). The monoisotopic (exact) mass is 238 g/mol. The second-order valence-electron chi connectivity index (χ2n) is 4.87. The third-order valence-electron chi connectivity index (χ3n) is 3.44. The van der Waals surface area contributed by atoms with E-state index in [1.165, 1.54) is 24.8 Å². The fourth-order valence-corrected chi connectivity index (χ4v) is 2.70. The normalized spacial score (nSPS) is 26.4. The van der Waals surface area contributed by atoms with Crippen molar-refractivity contribution in [2.45, 2.75) is 44.6 Å². The predicted octanol–water partition coefficient (Wildman–Crippen LogP) is 3.82. The van der Waals surface area contributed by atoms with E-state index in [2.05, 4.69) is 12.1 Å². The summed E-state index contributed by atoms with van der Waals surface area (Å²) in [4.78, 5) is 0. The van der Waals surface area contributed by atoms with Gasteiger partial charge in [-0.2, -0.15) is 0 Å². The van der Waals surface area contributed by atoms with Gasteiger partial charge in [0.2, 0.25) is 0 Å². The van der Waals surface area contributed by atoms with Gasteiger partial charge in [-0.3, -0.25) is 0 Å². The van der Waals surface area contributed by atoms with Crippen molar-refractivity contribution < 1.29 is 5.11 Å². The minimum atomic E-state index is -0.0835. The van der Waals surface area contributed by atoms with Crippen molar-refractivity contribution in [3.8, 4) is 0 Å². The van der Waals surface area contributed by atoms with Crippen LogP contribution in [0.25, 0.3) is 0 Å². The summed E-state index contributed by atoms with van der Waals surface area (Å²) in [6.07, 6.45) is 6.63. The number of aliphatic hydroxyl groups excluding tert-OH is 1. The zero-order valence-corrected chi connectivity index (χ0v) is 10.3. The van der Waals surface area contributed by atoms with Crippen LogP contribution in [0.5, 0.6) is 0 Å². The molecule has 0 spiro atoms. The van der Waals surface area contributed by atoms with Crippen LogP contribution in [0.2, 0.25) is 5.02 Å². The van der Waals surface area contributed by atoms with E-state index in [0.717, 1.165) is 24.3 Å². The minimum Gasteiger partial charge on any atom is -0.393 e. The fraction of sp³-hybridized carbons (Fsp3) is 0.571. The zero-order chi connectivity index (χ0) is 11.4. The Labute approximate surface area is 102 Å². The van der Waals surface area contributed by atoms with Gasteiger partial charge in [-0.1, -0.05) is 43.0 Å². The van der Waals surface area contributed by atoms with Crippen molar-refractivity contribution in [1.29, 1.82) is 0 Å². The first-order valence-corrected chi connectivity index (χ1v) is 6.54. The molecular formula is C14H19ClO. The van der Waals surface area contributed by atoms with E-state index in [1.807, 2.05) is 12.1 Å². The summed E-state index contributed by atoms with van der Waals surface area (Å²) in [5.41, 5.74) is 1.34. The summed E-state index contributed by atoms with van der Waals surface area (Å²) in [5, 5.41) is 10.6. The molecule has 0 saturated heterocycles. The van der Waals surface area contributed by atoms with Gasteiger partial charge in [0.25, 0.3) is 0 Å². The lowest BCUT2D eigenvalue weighted by atomic mass is 9.92. The average molecular weight is 239 g/mol. The van der Waals surface area contributed by atoms with E-state index in [9.17, 15) is 5.11 Å². The highest BCUT2D eigenvalue weighted by Crippen LogP contribution is 2.26. The summed E-state index contributed by atoms with van der Waals surface area (Å²) < 4.78 is 0. The molecule has 2 heteroatoms. The Hall–Kier alpha value is -0.530. The minimum absolute atomic E-state index is 0.0835. The van der Waals surface area contributed by atoms with Crippen LogP contribution in [-0.2, 0) is 6.42 Å². The summed E-state index contributed by atoms with van der Waals surface area (Å²) in [5.74, 6) is 0.638. The van der Waals surface area contributed by atoms with Gasteiger partial charge in [0.1, 0.15) is 0 Å².